The maximum Gasteiger partial charge on any atom is 0.222 e. The van der Waals surface area contributed by atoms with Crippen molar-refractivity contribution in [3.63, 3.8) is 0 Å². The SMILES string of the molecule is CC1(C)CCC(=O)N(Cc2cc(C#N)ccc2F)CC1. The topological polar surface area (TPSA) is 44.1 Å². The summed E-state index contributed by atoms with van der Waals surface area (Å²) in [6.45, 7) is 5.19. The highest BCUT2D eigenvalue weighted by molar-refractivity contribution is 5.76. The second-order valence-corrected chi connectivity index (χ2v) is 6.15. The fraction of sp³-hybridized carbons (Fsp3) is 0.500. The van der Waals surface area contributed by atoms with Gasteiger partial charge in [0.1, 0.15) is 5.82 Å². The molecule has 1 aliphatic rings. The molecule has 0 saturated carbocycles. The largest absolute Gasteiger partial charge is 0.338 e. The fourth-order valence-electron chi connectivity index (χ4n) is 2.43. The first-order valence-electron chi connectivity index (χ1n) is 6.88. The van der Waals surface area contributed by atoms with Crippen LogP contribution in [0.2, 0.25) is 0 Å². The Kier molecular flexibility index (Phi) is 4.08. The van der Waals surface area contributed by atoms with Gasteiger partial charge in [-0.3, -0.25) is 4.79 Å². The number of hydrogen-bond donors (Lipinski definition) is 0. The van der Waals surface area contributed by atoms with Crippen LogP contribution in [-0.4, -0.2) is 17.4 Å². The molecule has 0 spiro atoms. The van der Waals surface area contributed by atoms with Crippen LogP contribution in [0.1, 0.15) is 44.2 Å². The minimum atomic E-state index is -0.361. The zero-order valence-electron chi connectivity index (χ0n) is 11.9. The van der Waals surface area contributed by atoms with Crippen molar-refractivity contribution in [2.24, 2.45) is 5.41 Å². The molecule has 0 aromatic heterocycles. The first-order valence-corrected chi connectivity index (χ1v) is 6.88. The van der Waals surface area contributed by atoms with E-state index in [2.05, 4.69) is 13.8 Å². The molecule has 1 aromatic carbocycles. The highest BCUT2D eigenvalue weighted by Crippen LogP contribution is 2.31. The molecule has 0 radical (unpaired) electrons. The van der Waals surface area contributed by atoms with Crippen LogP contribution in [0, 0.1) is 22.6 Å². The van der Waals surface area contributed by atoms with Crippen LogP contribution in [0.3, 0.4) is 0 Å². The van der Waals surface area contributed by atoms with E-state index in [1.54, 1.807) is 4.90 Å². The lowest BCUT2D eigenvalue weighted by atomic mass is 9.85. The number of carbonyl (C=O) groups excluding carboxylic acids is 1. The zero-order valence-corrected chi connectivity index (χ0v) is 11.9. The molecule has 1 aliphatic heterocycles. The minimum absolute atomic E-state index is 0.0670. The average Bonchev–Trinajstić information content (AvgIpc) is 2.54. The Morgan fingerprint density at radius 3 is 2.85 bits per heavy atom. The molecule has 0 atom stereocenters. The Morgan fingerprint density at radius 2 is 2.15 bits per heavy atom. The molecule has 1 heterocycles. The molecule has 1 saturated heterocycles. The normalized spacial score (nSPS) is 18.5. The van der Waals surface area contributed by atoms with Crippen molar-refractivity contribution in [2.45, 2.75) is 39.7 Å². The van der Waals surface area contributed by atoms with Crippen LogP contribution in [0.25, 0.3) is 0 Å². The number of hydrogen-bond acceptors (Lipinski definition) is 2. The molecule has 1 fully saturated rings. The smallest absolute Gasteiger partial charge is 0.222 e. The lowest BCUT2D eigenvalue weighted by Gasteiger charge is -2.23. The van der Waals surface area contributed by atoms with Gasteiger partial charge < -0.3 is 4.90 Å². The van der Waals surface area contributed by atoms with Crippen LogP contribution < -0.4 is 0 Å². The van der Waals surface area contributed by atoms with Gasteiger partial charge in [-0.25, -0.2) is 4.39 Å². The van der Waals surface area contributed by atoms with Crippen LogP contribution in [0.4, 0.5) is 4.39 Å². The van der Waals surface area contributed by atoms with Gasteiger partial charge in [-0.1, -0.05) is 13.8 Å². The molecule has 0 N–H and O–H groups in total. The standard InChI is InChI=1S/C16H19FN2O/c1-16(2)6-5-15(20)19(8-7-16)11-13-9-12(10-18)3-4-14(13)17/h3-4,9H,5-8,11H2,1-2H3. The first-order chi connectivity index (χ1) is 9.41. The highest BCUT2D eigenvalue weighted by atomic mass is 19.1. The molecule has 106 valence electrons. The molecule has 1 amide bonds. The predicted octanol–water partition coefficient (Wildman–Crippen LogP) is 3.24. The van der Waals surface area contributed by atoms with Gasteiger partial charge in [0, 0.05) is 25.1 Å². The Balaban J connectivity index is 2.17. The van der Waals surface area contributed by atoms with Crippen molar-refractivity contribution < 1.29 is 9.18 Å². The van der Waals surface area contributed by atoms with Gasteiger partial charge in [0.25, 0.3) is 0 Å². The monoisotopic (exact) mass is 274 g/mol. The summed E-state index contributed by atoms with van der Waals surface area (Å²) in [7, 11) is 0. The summed E-state index contributed by atoms with van der Waals surface area (Å²) in [5.74, 6) is -0.294. The van der Waals surface area contributed by atoms with Gasteiger partial charge in [-0.05, 0) is 36.5 Å². The van der Waals surface area contributed by atoms with Crippen molar-refractivity contribution >= 4 is 5.91 Å². The number of benzene rings is 1. The number of halogens is 1. The molecular weight excluding hydrogens is 255 g/mol. The molecule has 20 heavy (non-hydrogen) atoms. The summed E-state index contributed by atoms with van der Waals surface area (Å²) in [6.07, 6.45) is 2.29. The van der Waals surface area contributed by atoms with Gasteiger partial charge in [-0.2, -0.15) is 5.26 Å². The van der Waals surface area contributed by atoms with Gasteiger partial charge >= 0.3 is 0 Å². The molecule has 3 nitrogen and oxygen atoms in total. The number of nitrogens with zero attached hydrogens (tertiary/aromatic N) is 2. The molecule has 0 bridgehead atoms. The van der Waals surface area contributed by atoms with Crippen molar-refractivity contribution in [1.29, 1.82) is 5.26 Å². The third kappa shape index (κ3) is 3.36. The maximum atomic E-state index is 13.8. The molecular formula is C16H19FN2O. The minimum Gasteiger partial charge on any atom is -0.338 e. The van der Waals surface area contributed by atoms with E-state index in [1.807, 2.05) is 6.07 Å². The van der Waals surface area contributed by atoms with E-state index in [1.165, 1.54) is 18.2 Å². The van der Waals surface area contributed by atoms with Crippen LogP contribution in [0.5, 0.6) is 0 Å². The van der Waals surface area contributed by atoms with Crippen molar-refractivity contribution in [2.75, 3.05) is 6.54 Å². The molecule has 4 heteroatoms. The third-order valence-corrected chi connectivity index (χ3v) is 3.96. The third-order valence-electron chi connectivity index (χ3n) is 3.96. The Bertz CT molecular complexity index is 560. The number of carbonyl (C=O) groups is 1. The van der Waals surface area contributed by atoms with Crippen molar-refractivity contribution in [3.8, 4) is 6.07 Å². The lowest BCUT2D eigenvalue weighted by Crippen LogP contribution is -2.30. The zero-order chi connectivity index (χ0) is 14.8. The number of amides is 1. The number of likely N-dealkylation sites (tertiary alicyclic amines) is 1. The quantitative estimate of drug-likeness (QED) is 0.831. The predicted molar refractivity (Wildman–Crippen MR) is 74.2 cm³/mol. The van der Waals surface area contributed by atoms with E-state index in [-0.39, 0.29) is 23.7 Å². The maximum absolute atomic E-state index is 13.8. The molecule has 0 unspecified atom stereocenters. The van der Waals surface area contributed by atoms with E-state index in [4.69, 9.17) is 5.26 Å². The summed E-state index contributed by atoms with van der Waals surface area (Å²) in [4.78, 5) is 13.8. The summed E-state index contributed by atoms with van der Waals surface area (Å²) in [5.41, 5.74) is 0.985. The Labute approximate surface area is 119 Å². The van der Waals surface area contributed by atoms with Gasteiger partial charge in [0.2, 0.25) is 5.91 Å². The average molecular weight is 274 g/mol. The van der Waals surface area contributed by atoms with Crippen molar-refractivity contribution in [1.82, 2.24) is 4.90 Å². The lowest BCUT2D eigenvalue weighted by molar-refractivity contribution is -0.131. The van der Waals surface area contributed by atoms with Gasteiger partial charge in [-0.15, -0.1) is 0 Å². The van der Waals surface area contributed by atoms with Crippen LogP contribution >= 0.6 is 0 Å². The van der Waals surface area contributed by atoms with E-state index in [0.717, 1.165) is 12.8 Å². The van der Waals surface area contributed by atoms with Gasteiger partial charge in [0.05, 0.1) is 11.6 Å². The summed E-state index contributed by atoms with van der Waals surface area (Å²) in [5, 5.41) is 8.87. The fourth-order valence-corrected chi connectivity index (χ4v) is 2.43. The second-order valence-electron chi connectivity index (χ2n) is 6.15. The first kappa shape index (κ1) is 14.5. The molecule has 2 rings (SSSR count). The van der Waals surface area contributed by atoms with Crippen LogP contribution in [-0.2, 0) is 11.3 Å². The summed E-state index contributed by atoms with van der Waals surface area (Å²) < 4.78 is 13.8. The summed E-state index contributed by atoms with van der Waals surface area (Å²) >= 11 is 0. The Morgan fingerprint density at radius 1 is 1.40 bits per heavy atom. The van der Waals surface area contributed by atoms with E-state index < -0.39 is 0 Å². The summed E-state index contributed by atoms with van der Waals surface area (Å²) in [6, 6.07) is 6.27. The highest BCUT2D eigenvalue weighted by Gasteiger charge is 2.27. The molecule has 1 aromatic rings. The number of rotatable bonds is 2. The van der Waals surface area contributed by atoms with Crippen molar-refractivity contribution in [3.05, 3.63) is 35.1 Å². The van der Waals surface area contributed by atoms with E-state index in [0.29, 0.717) is 24.1 Å². The van der Waals surface area contributed by atoms with E-state index >= 15 is 0 Å². The van der Waals surface area contributed by atoms with Crippen LogP contribution in [0.15, 0.2) is 18.2 Å². The Hall–Kier alpha value is -1.89. The molecule has 0 aliphatic carbocycles. The second kappa shape index (κ2) is 5.62. The number of nitriles is 1. The van der Waals surface area contributed by atoms with E-state index in [9.17, 15) is 9.18 Å². The van der Waals surface area contributed by atoms with Gasteiger partial charge in [0.15, 0.2) is 0 Å².